The first-order chi connectivity index (χ1) is 8.66. The highest BCUT2D eigenvalue weighted by Gasteiger charge is 2.46. The number of hydrogen-bond donors (Lipinski definition) is 2. The number of rotatable bonds is 2. The van der Waals surface area contributed by atoms with E-state index in [1.54, 1.807) is 0 Å². The number of aromatic nitrogens is 2. The third-order valence-corrected chi connectivity index (χ3v) is 3.64. The fourth-order valence-electron chi connectivity index (χ4n) is 2.81. The summed E-state index contributed by atoms with van der Waals surface area (Å²) in [6.45, 7) is 1.10. The van der Waals surface area contributed by atoms with E-state index in [1.807, 2.05) is 0 Å². The summed E-state index contributed by atoms with van der Waals surface area (Å²) in [6, 6.07) is 1.57. The molecule has 1 aromatic heterocycles. The Balaban J connectivity index is 1.76. The van der Waals surface area contributed by atoms with Gasteiger partial charge in [-0.25, -0.2) is 4.98 Å². The van der Waals surface area contributed by atoms with E-state index in [0.29, 0.717) is 6.42 Å². The van der Waals surface area contributed by atoms with Gasteiger partial charge >= 0.3 is 0 Å². The molecule has 3 atom stereocenters. The number of hydrogen-bond acceptors (Lipinski definition) is 5. The van der Waals surface area contributed by atoms with Crippen LogP contribution >= 0.6 is 0 Å². The lowest BCUT2D eigenvalue weighted by atomic mass is 9.99. The molecule has 2 aliphatic heterocycles. The molecule has 0 radical (unpaired) electrons. The predicted molar refractivity (Wildman–Crippen MR) is 64.0 cm³/mol. The zero-order valence-electron chi connectivity index (χ0n) is 10.1. The first-order valence-corrected chi connectivity index (χ1v) is 6.30. The maximum absolute atomic E-state index is 11.6. The molecule has 0 spiro atoms. The molecule has 0 saturated carbocycles. The second-order valence-electron chi connectivity index (χ2n) is 5.06. The van der Waals surface area contributed by atoms with Gasteiger partial charge < -0.3 is 15.2 Å². The molecule has 2 fully saturated rings. The van der Waals surface area contributed by atoms with Crippen molar-refractivity contribution >= 4 is 0 Å². The molecule has 3 heterocycles. The quantitative estimate of drug-likeness (QED) is 0.739. The van der Waals surface area contributed by atoms with E-state index in [-0.39, 0.29) is 24.2 Å². The zero-order chi connectivity index (χ0) is 12.6. The van der Waals surface area contributed by atoms with Crippen molar-refractivity contribution in [3.8, 4) is 0 Å². The van der Waals surface area contributed by atoms with Crippen LogP contribution in [0.2, 0.25) is 0 Å². The van der Waals surface area contributed by atoms with E-state index in [4.69, 9.17) is 4.74 Å². The molecule has 98 valence electrons. The highest BCUT2D eigenvalue weighted by Crippen LogP contribution is 2.33. The van der Waals surface area contributed by atoms with Crippen molar-refractivity contribution in [3.63, 3.8) is 0 Å². The average Bonchev–Trinajstić information content (AvgIpc) is 2.68. The van der Waals surface area contributed by atoms with E-state index < -0.39 is 5.79 Å². The van der Waals surface area contributed by atoms with Crippen molar-refractivity contribution in [2.75, 3.05) is 6.54 Å². The Kier molecular flexibility index (Phi) is 2.93. The molecule has 2 aliphatic rings. The van der Waals surface area contributed by atoms with Gasteiger partial charge in [0.1, 0.15) is 0 Å². The van der Waals surface area contributed by atoms with Crippen molar-refractivity contribution in [2.24, 2.45) is 0 Å². The van der Waals surface area contributed by atoms with Crippen LogP contribution in [-0.4, -0.2) is 39.1 Å². The molecule has 1 aromatic rings. The highest BCUT2D eigenvalue weighted by molar-refractivity contribution is 4.95. The maximum atomic E-state index is 11.6. The Morgan fingerprint density at radius 1 is 1.67 bits per heavy atom. The largest absolute Gasteiger partial charge is 0.364 e. The van der Waals surface area contributed by atoms with Gasteiger partial charge in [0, 0.05) is 24.7 Å². The van der Waals surface area contributed by atoms with E-state index >= 15 is 0 Å². The Morgan fingerprint density at radius 2 is 2.56 bits per heavy atom. The molecule has 0 amide bonds. The van der Waals surface area contributed by atoms with Crippen LogP contribution in [-0.2, 0) is 11.3 Å². The average molecular weight is 251 g/mol. The third-order valence-electron chi connectivity index (χ3n) is 3.64. The van der Waals surface area contributed by atoms with Gasteiger partial charge in [-0.05, 0) is 19.4 Å². The van der Waals surface area contributed by atoms with Crippen LogP contribution in [0.4, 0.5) is 0 Å². The Morgan fingerprint density at radius 3 is 3.33 bits per heavy atom. The molecule has 2 N–H and O–H groups in total. The van der Waals surface area contributed by atoms with Crippen LogP contribution in [0.3, 0.4) is 0 Å². The van der Waals surface area contributed by atoms with Gasteiger partial charge in [-0.1, -0.05) is 0 Å². The van der Waals surface area contributed by atoms with Crippen LogP contribution in [0.15, 0.2) is 23.4 Å². The summed E-state index contributed by atoms with van der Waals surface area (Å²) in [6.07, 6.45) is 5.46. The topological polar surface area (TPSA) is 76.4 Å². The van der Waals surface area contributed by atoms with Gasteiger partial charge in [0.15, 0.2) is 5.79 Å². The number of fused-ring (bicyclic) bond motifs is 1. The van der Waals surface area contributed by atoms with Crippen molar-refractivity contribution < 1.29 is 9.84 Å². The minimum absolute atomic E-state index is 0.0520. The van der Waals surface area contributed by atoms with Crippen LogP contribution in [0.5, 0.6) is 0 Å². The molecular weight excluding hydrogens is 234 g/mol. The fourth-order valence-corrected chi connectivity index (χ4v) is 2.81. The minimum Gasteiger partial charge on any atom is -0.364 e. The maximum Gasteiger partial charge on any atom is 0.253 e. The van der Waals surface area contributed by atoms with Crippen molar-refractivity contribution in [2.45, 2.75) is 43.7 Å². The van der Waals surface area contributed by atoms with E-state index in [2.05, 4.69) is 10.3 Å². The Labute approximate surface area is 105 Å². The predicted octanol–water partition coefficient (Wildman–Crippen LogP) is -0.527. The van der Waals surface area contributed by atoms with E-state index in [1.165, 1.54) is 23.2 Å². The van der Waals surface area contributed by atoms with Gasteiger partial charge in [0.25, 0.3) is 5.56 Å². The van der Waals surface area contributed by atoms with E-state index in [9.17, 15) is 9.90 Å². The number of nitrogens with one attached hydrogen (secondary N) is 1. The van der Waals surface area contributed by atoms with Crippen LogP contribution in [0.1, 0.15) is 19.3 Å². The number of aliphatic hydroxyl groups is 1. The molecule has 6 heteroatoms. The first kappa shape index (κ1) is 11.8. The fraction of sp³-hybridized carbons (Fsp3) is 0.667. The van der Waals surface area contributed by atoms with Crippen LogP contribution in [0.25, 0.3) is 0 Å². The molecular formula is C12H17N3O3. The summed E-state index contributed by atoms with van der Waals surface area (Å²) in [5, 5.41) is 13.8. The van der Waals surface area contributed by atoms with E-state index in [0.717, 1.165) is 19.4 Å². The van der Waals surface area contributed by atoms with Crippen LogP contribution < -0.4 is 10.9 Å². The van der Waals surface area contributed by atoms with Crippen molar-refractivity contribution in [3.05, 3.63) is 28.9 Å². The lowest BCUT2D eigenvalue weighted by Gasteiger charge is -2.25. The van der Waals surface area contributed by atoms with Gasteiger partial charge in [0.2, 0.25) is 0 Å². The molecule has 3 rings (SSSR count). The first-order valence-electron chi connectivity index (χ1n) is 6.30. The Hall–Kier alpha value is -1.24. The van der Waals surface area contributed by atoms with Crippen LogP contribution in [0, 0.1) is 0 Å². The molecule has 0 bridgehead atoms. The summed E-state index contributed by atoms with van der Waals surface area (Å²) >= 11 is 0. The molecule has 0 aromatic carbocycles. The second-order valence-corrected chi connectivity index (χ2v) is 5.06. The number of nitrogens with zero attached hydrogens (tertiary/aromatic N) is 2. The summed E-state index contributed by atoms with van der Waals surface area (Å²) in [4.78, 5) is 15.5. The van der Waals surface area contributed by atoms with Gasteiger partial charge in [-0.3, -0.25) is 9.36 Å². The normalized spacial score (nSPS) is 35.4. The molecule has 6 nitrogen and oxygen atoms in total. The molecule has 0 aliphatic carbocycles. The molecule has 2 saturated heterocycles. The summed E-state index contributed by atoms with van der Waals surface area (Å²) in [5.74, 6) is -1.26. The van der Waals surface area contributed by atoms with Gasteiger partial charge in [0.05, 0.1) is 19.0 Å². The smallest absolute Gasteiger partial charge is 0.253 e. The van der Waals surface area contributed by atoms with Gasteiger partial charge in [-0.15, -0.1) is 0 Å². The Bertz CT molecular complexity index is 473. The monoisotopic (exact) mass is 251 g/mol. The van der Waals surface area contributed by atoms with Gasteiger partial charge in [-0.2, -0.15) is 0 Å². The zero-order valence-corrected chi connectivity index (χ0v) is 10.1. The summed E-state index contributed by atoms with van der Waals surface area (Å²) in [5.41, 5.74) is -0.176. The number of ether oxygens (including phenoxy) is 1. The third kappa shape index (κ3) is 2.19. The SMILES string of the molecule is O=c1ccncn1CC1(O)C[C@@H]2NCCC[C@@H]2O1. The lowest BCUT2D eigenvalue weighted by Crippen LogP contribution is -2.41. The highest BCUT2D eigenvalue weighted by atomic mass is 16.6. The van der Waals surface area contributed by atoms with Crippen molar-refractivity contribution in [1.29, 1.82) is 0 Å². The van der Waals surface area contributed by atoms with Crippen molar-refractivity contribution in [1.82, 2.24) is 14.9 Å². The number of piperidine rings is 1. The summed E-state index contributed by atoms with van der Waals surface area (Å²) in [7, 11) is 0. The second kappa shape index (κ2) is 4.46. The lowest BCUT2D eigenvalue weighted by molar-refractivity contribution is -0.202. The standard InChI is InChI=1S/C12H17N3O3/c16-11-3-5-13-8-15(11)7-12(17)6-9-10(18-12)2-1-4-14-9/h3,5,8-10,14,17H,1-2,4,6-7H2/t9-,10-,12?/m0/s1. The molecule has 1 unspecified atom stereocenters. The minimum atomic E-state index is -1.26. The summed E-state index contributed by atoms with van der Waals surface area (Å²) < 4.78 is 7.10. The molecule has 18 heavy (non-hydrogen) atoms.